The minimum Gasteiger partial charge on any atom is -0.360 e. The minimum atomic E-state index is -0.142. The van der Waals surface area contributed by atoms with Crippen molar-refractivity contribution in [1.29, 1.82) is 5.26 Å². The highest BCUT2D eigenvalue weighted by atomic mass is 32.2. The zero-order valence-electron chi connectivity index (χ0n) is 12.9. The smallest absolute Gasteiger partial charge is 0.234 e. The zero-order chi connectivity index (χ0) is 16.7. The maximum atomic E-state index is 11.9. The van der Waals surface area contributed by atoms with Crippen molar-refractivity contribution < 1.29 is 4.79 Å². The molecule has 0 aliphatic carbocycles. The second-order valence-electron chi connectivity index (χ2n) is 5.18. The van der Waals surface area contributed by atoms with Crippen molar-refractivity contribution in [1.82, 2.24) is 10.2 Å². The highest BCUT2D eigenvalue weighted by molar-refractivity contribution is 8.01. The number of anilines is 2. The third-order valence-electron chi connectivity index (χ3n) is 2.67. The average molecular weight is 347 g/mol. The van der Waals surface area contributed by atoms with E-state index in [4.69, 9.17) is 5.26 Å². The van der Waals surface area contributed by atoms with Gasteiger partial charge < -0.3 is 10.6 Å². The van der Waals surface area contributed by atoms with E-state index in [0.29, 0.717) is 17.2 Å². The molecule has 0 spiro atoms. The lowest BCUT2D eigenvalue weighted by atomic mass is 10.2. The van der Waals surface area contributed by atoms with E-state index in [9.17, 15) is 4.79 Å². The summed E-state index contributed by atoms with van der Waals surface area (Å²) in [6.07, 6.45) is 0. The fourth-order valence-electron chi connectivity index (χ4n) is 1.62. The Bertz CT molecular complexity index is 708. The van der Waals surface area contributed by atoms with Crippen molar-refractivity contribution in [2.24, 2.45) is 5.92 Å². The van der Waals surface area contributed by atoms with E-state index in [2.05, 4.69) is 34.7 Å². The van der Waals surface area contributed by atoms with Gasteiger partial charge in [0.05, 0.1) is 17.4 Å². The lowest BCUT2D eigenvalue weighted by molar-refractivity contribution is -0.113. The van der Waals surface area contributed by atoms with Crippen LogP contribution in [0.4, 0.5) is 10.8 Å². The highest BCUT2D eigenvalue weighted by Crippen LogP contribution is 2.25. The number of rotatable bonds is 7. The van der Waals surface area contributed by atoms with Gasteiger partial charge in [0.1, 0.15) is 0 Å². The molecule has 2 aromatic rings. The minimum absolute atomic E-state index is 0.142. The van der Waals surface area contributed by atoms with Crippen molar-refractivity contribution in [3.8, 4) is 6.07 Å². The van der Waals surface area contributed by atoms with Gasteiger partial charge in [-0.1, -0.05) is 43.0 Å². The van der Waals surface area contributed by atoms with E-state index in [1.54, 1.807) is 24.3 Å². The molecular weight excluding hydrogens is 330 g/mol. The predicted octanol–water partition coefficient (Wildman–Crippen LogP) is 3.21. The van der Waals surface area contributed by atoms with Crippen molar-refractivity contribution in [2.45, 2.75) is 18.2 Å². The Kier molecular flexibility index (Phi) is 6.38. The number of thioether (sulfide) groups is 1. The molecule has 0 atom stereocenters. The van der Waals surface area contributed by atoms with Crippen LogP contribution >= 0.6 is 23.1 Å². The number of nitrogens with zero attached hydrogens (tertiary/aromatic N) is 3. The van der Waals surface area contributed by atoms with E-state index in [-0.39, 0.29) is 11.7 Å². The van der Waals surface area contributed by atoms with Gasteiger partial charge in [0.25, 0.3) is 0 Å². The Morgan fingerprint density at radius 2 is 2.26 bits per heavy atom. The van der Waals surface area contributed by atoms with Gasteiger partial charge in [0, 0.05) is 12.2 Å². The molecule has 1 amide bonds. The van der Waals surface area contributed by atoms with Crippen molar-refractivity contribution in [2.75, 3.05) is 22.9 Å². The summed E-state index contributed by atoms with van der Waals surface area (Å²) in [5.41, 5.74) is 1.13. The van der Waals surface area contributed by atoms with Crippen molar-refractivity contribution in [3.05, 3.63) is 29.8 Å². The van der Waals surface area contributed by atoms with E-state index < -0.39 is 0 Å². The lowest BCUT2D eigenvalue weighted by Gasteiger charge is -2.04. The number of nitrogens with one attached hydrogen (secondary N) is 2. The summed E-state index contributed by atoms with van der Waals surface area (Å²) >= 11 is 2.78. The van der Waals surface area contributed by atoms with Crippen LogP contribution in [0.2, 0.25) is 0 Å². The first-order valence-electron chi connectivity index (χ1n) is 7.07. The number of nitriles is 1. The van der Waals surface area contributed by atoms with Gasteiger partial charge in [-0.15, -0.1) is 10.2 Å². The Hall–Kier alpha value is -2.11. The summed E-state index contributed by atoms with van der Waals surface area (Å²) in [7, 11) is 0. The number of hydrogen-bond acceptors (Lipinski definition) is 7. The molecule has 1 aromatic carbocycles. The first-order valence-corrected chi connectivity index (χ1v) is 8.87. The van der Waals surface area contributed by atoms with Gasteiger partial charge >= 0.3 is 0 Å². The number of hydrogen-bond donors (Lipinski definition) is 2. The van der Waals surface area contributed by atoms with Gasteiger partial charge in [0.2, 0.25) is 11.0 Å². The summed E-state index contributed by atoms with van der Waals surface area (Å²) < 4.78 is 0.747. The molecule has 2 N–H and O–H groups in total. The maximum Gasteiger partial charge on any atom is 0.234 e. The average Bonchev–Trinajstić information content (AvgIpc) is 2.99. The van der Waals surface area contributed by atoms with Gasteiger partial charge in [-0.05, 0) is 24.1 Å². The molecule has 1 aromatic heterocycles. The molecule has 2 rings (SSSR count). The van der Waals surface area contributed by atoms with Crippen LogP contribution in [0.25, 0.3) is 0 Å². The molecule has 0 aliphatic heterocycles. The van der Waals surface area contributed by atoms with E-state index in [1.807, 2.05) is 6.07 Å². The fourth-order valence-corrected chi connectivity index (χ4v) is 3.18. The van der Waals surface area contributed by atoms with Crippen LogP contribution in [-0.2, 0) is 4.79 Å². The normalized spacial score (nSPS) is 10.3. The number of carbonyl (C=O) groups is 1. The van der Waals surface area contributed by atoms with Gasteiger partial charge in [-0.2, -0.15) is 5.26 Å². The number of amides is 1. The quantitative estimate of drug-likeness (QED) is 0.747. The summed E-state index contributed by atoms with van der Waals surface area (Å²) in [5, 5.41) is 23.7. The molecule has 23 heavy (non-hydrogen) atoms. The van der Waals surface area contributed by atoms with Crippen LogP contribution in [-0.4, -0.2) is 28.4 Å². The van der Waals surface area contributed by atoms with E-state index in [0.717, 1.165) is 16.0 Å². The Balaban J connectivity index is 1.81. The largest absolute Gasteiger partial charge is 0.360 e. The van der Waals surface area contributed by atoms with Gasteiger partial charge in [-0.3, -0.25) is 4.79 Å². The van der Waals surface area contributed by atoms with Gasteiger partial charge in [-0.25, -0.2) is 0 Å². The van der Waals surface area contributed by atoms with Crippen LogP contribution in [0.15, 0.2) is 28.6 Å². The monoisotopic (exact) mass is 347 g/mol. The Morgan fingerprint density at radius 3 is 3.00 bits per heavy atom. The Labute approximate surface area is 143 Å². The summed E-state index contributed by atoms with van der Waals surface area (Å²) in [6.45, 7) is 5.08. The Morgan fingerprint density at radius 1 is 1.43 bits per heavy atom. The molecule has 1 heterocycles. The summed E-state index contributed by atoms with van der Waals surface area (Å²) in [6, 6.07) is 8.86. The second-order valence-corrected chi connectivity index (χ2v) is 7.38. The SMILES string of the molecule is CC(C)CNc1nnc(SCC(=O)Nc2cccc(C#N)c2)s1. The topological polar surface area (TPSA) is 90.7 Å². The van der Waals surface area contributed by atoms with E-state index in [1.165, 1.54) is 23.1 Å². The molecule has 0 saturated heterocycles. The lowest BCUT2D eigenvalue weighted by Crippen LogP contribution is -2.13. The first-order chi connectivity index (χ1) is 11.1. The predicted molar refractivity (Wildman–Crippen MR) is 93.7 cm³/mol. The molecular formula is C15H17N5OS2. The molecule has 0 saturated carbocycles. The summed E-state index contributed by atoms with van der Waals surface area (Å²) in [5.74, 6) is 0.636. The summed E-state index contributed by atoms with van der Waals surface area (Å²) in [4.78, 5) is 11.9. The highest BCUT2D eigenvalue weighted by Gasteiger charge is 2.09. The molecule has 0 radical (unpaired) electrons. The molecule has 6 nitrogen and oxygen atoms in total. The second kappa shape index (κ2) is 8.50. The van der Waals surface area contributed by atoms with Crippen molar-refractivity contribution in [3.63, 3.8) is 0 Å². The fraction of sp³-hybridized carbons (Fsp3) is 0.333. The maximum absolute atomic E-state index is 11.9. The number of benzene rings is 1. The molecule has 120 valence electrons. The molecule has 8 heteroatoms. The molecule has 0 bridgehead atoms. The number of carbonyl (C=O) groups excluding carboxylic acids is 1. The van der Waals surface area contributed by atoms with E-state index >= 15 is 0 Å². The third kappa shape index (κ3) is 5.88. The number of aromatic nitrogens is 2. The van der Waals surface area contributed by atoms with Crippen molar-refractivity contribution >= 4 is 39.8 Å². The molecule has 0 fully saturated rings. The standard InChI is InChI=1S/C15H17N5OS2/c1-10(2)8-17-14-19-20-15(23-14)22-9-13(21)18-12-5-3-4-11(6-12)7-16/h3-6,10H,8-9H2,1-2H3,(H,17,19)(H,18,21). The van der Waals surface area contributed by atoms with Gasteiger partial charge in [0.15, 0.2) is 4.34 Å². The van der Waals surface area contributed by atoms with Crippen LogP contribution in [0.3, 0.4) is 0 Å². The van der Waals surface area contributed by atoms with Crippen LogP contribution in [0, 0.1) is 17.2 Å². The van der Waals surface area contributed by atoms with Crippen LogP contribution < -0.4 is 10.6 Å². The first kappa shape index (κ1) is 17.2. The molecule has 0 unspecified atom stereocenters. The van der Waals surface area contributed by atoms with Crippen LogP contribution in [0.5, 0.6) is 0 Å². The zero-order valence-corrected chi connectivity index (χ0v) is 14.5. The van der Waals surface area contributed by atoms with Crippen LogP contribution in [0.1, 0.15) is 19.4 Å². The molecule has 0 aliphatic rings. The third-order valence-corrected chi connectivity index (χ3v) is 4.68.